The lowest BCUT2D eigenvalue weighted by Gasteiger charge is -2.25. The Morgan fingerprint density at radius 3 is 1.90 bits per heavy atom. The van der Waals surface area contributed by atoms with Gasteiger partial charge in [0.05, 0.1) is 21.9 Å². The molecule has 2 heterocycles. The summed E-state index contributed by atoms with van der Waals surface area (Å²) in [4.78, 5) is 0. The summed E-state index contributed by atoms with van der Waals surface area (Å²) in [6.45, 7) is 22.1. The molecule has 2 atom stereocenters. The molecule has 0 amide bonds. The Labute approximate surface area is 421 Å². The normalized spacial score (nSPS) is 17.3. The number of benzene rings is 7. The third-order valence-corrected chi connectivity index (χ3v) is 15.0. The molecule has 0 fully saturated rings. The third kappa shape index (κ3) is 8.50. The highest BCUT2D eigenvalue weighted by Gasteiger charge is 2.40. The lowest BCUT2D eigenvalue weighted by atomic mass is 9.79. The maximum absolute atomic E-state index is 4.12. The van der Waals surface area contributed by atoms with Crippen LogP contribution in [0.4, 0.5) is 0 Å². The second-order valence-corrected chi connectivity index (χ2v) is 20.0. The van der Waals surface area contributed by atoms with Crippen LogP contribution in [0.3, 0.4) is 0 Å². The van der Waals surface area contributed by atoms with Gasteiger partial charge in [-0.3, -0.25) is 0 Å². The van der Waals surface area contributed by atoms with E-state index >= 15 is 0 Å². The van der Waals surface area contributed by atoms with Gasteiger partial charge < -0.3 is 9.13 Å². The van der Waals surface area contributed by atoms with Crippen molar-refractivity contribution in [1.82, 2.24) is 9.13 Å². The number of nitrogens with zero attached hydrogens (tertiary/aromatic N) is 2. The van der Waals surface area contributed by atoms with Crippen LogP contribution in [-0.4, -0.2) is 9.13 Å². The maximum Gasteiger partial charge on any atom is 0.0544 e. The molecule has 2 unspecified atom stereocenters. The largest absolute Gasteiger partial charge is 0.309 e. The van der Waals surface area contributed by atoms with E-state index in [9.17, 15) is 0 Å². The van der Waals surface area contributed by atoms with Gasteiger partial charge in [-0.15, -0.1) is 0 Å². The summed E-state index contributed by atoms with van der Waals surface area (Å²) in [5.41, 5.74) is 20.9. The van der Waals surface area contributed by atoms with Gasteiger partial charge in [-0.1, -0.05) is 187 Å². The van der Waals surface area contributed by atoms with Crippen molar-refractivity contribution in [3.05, 3.63) is 250 Å². The molecule has 0 bridgehead atoms. The van der Waals surface area contributed by atoms with Crippen molar-refractivity contribution in [3.63, 3.8) is 0 Å². The number of allylic oxidation sites excluding steroid dienone is 9. The van der Waals surface area contributed by atoms with Crippen molar-refractivity contribution < 1.29 is 0 Å². The lowest BCUT2D eigenvalue weighted by molar-refractivity contribution is 0.643. The average molecular weight is 923 g/mol. The molecule has 2 nitrogen and oxygen atoms in total. The molecular weight excluding hydrogens is 857 g/mol. The van der Waals surface area contributed by atoms with Crippen LogP contribution in [0.15, 0.2) is 212 Å². The molecule has 0 spiro atoms. The first-order valence-electron chi connectivity index (χ1n) is 25.7. The van der Waals surface area contributed by atoms with Gasteiger partial charge in [0.25, 0.3) is 0 Å². The molecule has 0 saturated carbocycles. The van der Waals surface area contributed by atoms with Crippen molar-refractivity contribution in [2.24, 2.45) is 11.8 Å². The van der Waals surface area contributed by atoms with Crippen LogP contribution >= 0.6 is 0 Å². The van der Waals surface area contributed by atoms with Gasteiger partial charge in [0.2, 0.25) is 0 Å². The lowest BCUT2D eigenvalue weighted by Crippen LogP contribution is -2.28. The van der Waals surface area contributed by atoms with Gasteiger partial charge in [0, 0.05) is 38.2 Å². The number of rotatable bonds is 6. The number of para-hydroxylation sites is 3. The fourth-order valence-corrected chi connectivity index (χ4v) is 11.4. The second kappa shape index (κ2) is 19.6. The Kier molecular flexibility index (Phi) is 13.0. The molecule has 12 rings (SSSR count). The summed E-state index contributed by atoms with van der Waals surface area (Å²) in [7, 11) is 0. The van der Waals surface area contributed by atoms with E-state index in [0.717, 1.165) is 23.9 Å². The average Bonchev–Trinajstić information content (AvgIpc) is 3.97. The van der Waals surface area contributed by atoms with Gasteiger partial charge in [0.1, 0.15) is 0 Å². The van der Waals surface area contributed by atoms with Crippen LogP contribution in [0.1, 0.15) is 82.2 Å². The SMILES string of the molecule is C=C/C=c1\c(=C/C2=CCC(C)C(c3cc(-c4ccc5c(c4)c4cc6c(cc4n5-c4ccccc4)C(C)(C)C4=C6C(C)CC=C4)ccc3C)=C2)c2ccccc2n1-c1ccccc1.CC.Cc1ccccc1. The van der Waals surface area contributed by atoms with E-state index in [1.54, 1.807) is 0 Å². The Morgan fingerprint density at radius 1 is 0.592 bits per heavy atom. The highest BCUT2D eigenvalue weighted by Crippen LogP contribution is 2.53. The summed E-state index contributed by atoms with van der Waals surface area (Å²) < 4.78 is 4.84. The molecule has 0 aliphatic heterocycles. The molecule has 3 aliphatic rings. The van der Waals surface area contributed by atoms with Crippen LogP contribution in [-0.2, 0) is 5.41 Å². The van der Waals surface area contributed by atoms with Crippen molar-refractivity contribution in [1.29, 1.82) is 0 Å². The number of aryl methyl sites for hydroxylation is 2. The highest BCUT2D eigenvalue weighted by molar-refractivity contribution is 6.12. The van der Waals surface area contributed by atoms with E-state index in [1.807, 2.05) is 38.1 Å². The summed E-state index contributed by atoms with van der Waals surface area (Å²) in [6.07, 6.45) is 18.2. The minimum Gasteiger partial charge on any atom is -0.309 e. The van der Waals surface area contributed by atoms with Gasteiger partial charge >= 0.3 is 0 Å². The first kappa shape index (κ1) is 47.0. The maximum atomic E-state index is 4.12. The molecule has 0 N–H and O–H groups in total. The quantitative estimate of drug-likeness (QED) is 0.157. The predicted molar refractivity (Wildman–Crippen MR) is 308 cm³/mol. The first-order valence-corrected chi connectivity index (χ1v) is 25.7. The molecule has 71 heavy (non-hydrogen) atoms. The Morgan fingerprint density at radius 2 is 1.21 bits per heavy atom. The van der Waals surface area contributed by atoms with E-state index in [-0.39, 0.29) is 5.41 Å². The Balaban J connectivity index is 0.000000591. The van der Waals surface area contributed by atoms with Crippen molar-refractivity contribution in [2.75, 3.05) is 0 Å². The molecular formula is C69H66N2. The third-order valence-electron chi connectivity index (χ3n) is 15.0. The molecule has 3 aliphatic carbocycles. The number of hydrogen-bond donors (Lipinski definition) is 0. The van der Waals surface area contributed by atoms with E-state index < -0.39 is 0 Å². The number of hydrogen-bond acceptors (Lipinski definition) is 0. The number of aromatic nitrogens is 2. The van der Waals surface area contributed by atoms with E-state index in [1.165, 1.54) is 105 Å². The number of fused-ring (bicyclic) bond motifs is 6. The van der Waals surface area contributed by atoms with Gasteiger partial charge in [-0.25, -0.2) is 0 Å². The van der Waals surface area contributed by atoms with E-state index in [2.05, 4.69) is 239 Å². The summed E-state index contributed by atoms with van der Waals surface area (Å²) in [5, 5.41) is 6.20. The van der Waals surface area contributed by atoms with Crippen LogP contribution in [0.25, 0.3) is 78.5 Å². The predicted octanol–water partition coefficient (Wildman–Crippen LogP) is 17.2. The fourth-order valence-electron chi connectivity index (χ4n) is 11.4. The zero-order valence-corrected chi connectivity index (χ0v) is 42.8. The van der Waals surface area contributed by atoms with E-state index in [4.69, 9.17) is 0 Å². The second-order valence-electron chi connectivity index (χ2n) is 20.0. The first-order chi connectivity index (χ1) is 34.6. The standard InChI is InChI=1S/C60H52N2.C7H8.C2H6/c1-7-17-55-49(46-23-14-15-25-56(46)61(55)44-19-10-8-11-20-44)33-41-28-26-38(2)47(32-41)48-34-42(29-27-39(48)3)43-30-31-57-50(35-43)51-36-52-54(37-58(51)62(57)45-21-12-9-13-22-45)60(5,6)53-24-16-18-40(4)59(52)53;1-7-5-3-2-4-6-7;1-2/h7-17,19-25,27-38,40H,1,18,26H2,2-6H3;2-6H,1H3;1-2H3/b49-33-,55-17+;;. The van der Waals surface area contributed by atoms with Crippen molar-refractivity contribution in [3.8, 4) is 22.5 Å². The molecule has 2 aromatic heterocycles. The van der Waals surface area contributed by atoms with Crippen LogP contribution in [0, 0.1) is 25.7 Å². The molecule has 352 valence electrons. The van der Waals surface area contributed by atoms with Gasteiger partial charge in [0.15, 0.2) is 0 Å². The Bertz CT molecular complexity index is 3730. The van der Waals surface area contributed by atoms with Crippen LogP contribution in [0.5, 0.6) is 0 Å². The molecule has 7 aromatic carbocycles. The fraction of sp³-hybridized carbons (Fsp3) is 0.188. The zero-order chi connectivity index (χ0) is 49.4. The molecule has 0 radical (unpaired) electrons. The minimum atomic E-state index is -0.0450. The molecule has 2 heteroatoms. The highest BCUT2D eigenvalue weighted by atomic mass is 15.0. The van der Waals surface area contributed by atoms with Crippen molar-refractivity contribution >= 4 is 56.0 Å². The van der Waals surface area contributed by atoms with Crippen molar-refractivity contribution in [2.45, 2.75) is 73.6 Å². The van der Waals surface area contributed by atoms with Crippen LogP contribution in [0.2, 0.25) is 0 Å². The summed E-state index contributed by atoms with van der Waals surface area (Å²) in [6, 6.07) is 59.8. The summed E-state index contributed by atoms with van der Waals surface area (Å²) in [5.74, 6) is 0.892. The van der Waals surface area contributed by atoms with Crippen LogP contribution < -0.4 is 10.6 Å². The van der Waals surface area contributed by atoms with Gasteiger partial charge in [-0.05, 0) is 167 Å². The molecule has 9 aromatic rings. The minimum absolute atomic E-state index is 0.0450. The molecule has 0 saturated heterocycles. The monoisotopic (exact) mass is 923 g/mol. The van der Waals surface area contributed by atoms with E-state index in [0.29, 0.717) is 11.8 Å². The smallest absolute Gasteiger partial charge is 0.0544 e. The summed E-state index contributed by atoms with van der Waals surface area (Å²) >= 11 is 0. The Hall–Kier alpha value is -7.68. The zero-order valence-electron chi connectivity index (χ0n) is 42.8. The topological polar surface area (TPSA) is 9.86 Å². The van der Waals surface area contributed by atoms with Gasteiger partial charge in [-0.2, -0.15) is 0 Å².